The monoisotopic (exact) mass is 300 g/mol. The lowest BCUT2D eigenvalue weighted by Gasteiger charge is -2.41. The fourth-order valence-corrected chi connectivity index (χ4v) is 14.7. The zero-order valence-corrected chi connectivity index (χ0v) is 15.9. The van der Waals surface area contributed by atoms with E-state index in [1.165, 1.54) is 74.8 Å². The maximum atomic E-state index is 7.13. The van der Waals surface area contributed by atoms with E-state index < -0.39 is 16.6 Å². The van der Waals surface area contributed by atoms with Gasteiger partial charge in [-0.25, -0.2) is 0 Å². The van der Waals surface area contributed by atoms with Gasteiger partial charge in [0, 0.05) is 0 Å². The third kappa shape index (κ3) is 5.02. The molecule has 0 aromatic heterocycles. The molecule has 0 N–H and O–H groups in total. The predicted molar refractivity (Wildman–Crippen MR) is 91.8 cm³/mol. The minimum atomic E-state index is -1.41. The summed E-state index contributed by atoms with van der Waals surface area (Å²) in [6, 6.07) is 8.26. The van der Waals surface area contributed by atoms with Gasteiger partial charge < -0.3 is 4.12 Å². The lowest BCUT2D eigenvalue weighted by Crippen LogP contribution is -2.50. The molecule has 0 saturated carbocycles. The van der Waals surface area contributed by atoms with Crippen LogP contribution in [0.3, 0.4) is 0 Å². The van der Waals surface area contributed by atoms with Crippen molar-refractivity contribution in [2.24, 2.45) is 0 Å². The highest BCUT2D eigenvalue weighted by Gasteiger charge is 2.40. The minimum absolute atomic E-state index is 1.35. The molecular formula is C16H36OSi2. The van der Waals surface area contributed by atoms with Crippen molar-refractivity contribution in [3.63, 3.8) is 0 Å². The molecule has 0 amide bonds. The van der Waals surface area contributed by atoms with Crippen molar-refractivity contribution in [1.82, 2.24) is 0 Å². The molecule has 1 heterocycles. The zero-order chi connectivity index (χ0) is 14.2. The molecule has 1 saturated heterocycles. The van der Waals surface area contributed by atoms with Crippen LogP contribution in [0.5, 0.6) is 0 Å². The van der Waals surface area contributed by atoms with Gasteiger partial charge in [-0.05, 0) is 36.3 Å². The third-order valence-corrected chi connectivity index (χ3v) is 16.7. The molecule has 1 aliphatic heterocycles. The van der Waals surface area contributed by atoms with Gasteiger partial charge in [0.1, 0.15) is 0 Å². The Kier molecular flexibility index (Phi) is 7.92. The first-order chi connectivity index (χ1) is 9.16. The second-order valence-corrected chi connectivity index (χ2v) is 15.9. The molecule has 3 heteroatoms. The summed E-state index contributed by atoms with van der Waals surface area (Å²) in [5.74, 6) is 0. The van der Waals surface area contributed by atoms with Crippen LogP contribution < -0.4 is 0 Å². The number of rotatable bonds is 4. The predicted octanol–water partition coefficient (Wildman–Crippen LogP) is 6.33. The summed E-state index contributed by atoms with van der Waals surface area (Å²) in [6.45, 7) is 9.61. The van der Waals surface area contributed by atoms with Crippen molar-refractivity contribution in [2.75, 3.05) is 0 Å². The first-order valence-corrected chi connectivity index (χ1v) is 13.9. The van der Waals surface area contributed by atoms with E-state index in [-0.39, 0.29) is 0 Å². The van der Waals surface area contributed by atoms with Crippen molar-refractivity contribution < 1.29 is 4.12 Å². The van der Waals surface area contributed by atoms with Gasteiger partial charge in [-0.15, -0.1) is 0 Å². The largest absolute Gasteiger partial charge is 0.455 e. The Bertz CT molecular complexity index is 211. The first kappa shape index (κ1) is 17.4. The highest BCUT2D eigenvalue weighted by atomic mass is 28.4. The van der Waals surface area contributed by atoms with Gasteiger partial charge in [0.2, 0.25) is 0 Å². The summed E-state index contributed by atoms with van der Waals surface area (Å²) < 4.78 is 7.13. The Labute approximate surface area is 123 Å². The van der Waals surface area contributed by atoms with Crippen LogP contribution >= 0.6 is 0 Å². The van der Waals surface area contributed by atoms with E-state index in [9.17, 15) is 0 Å². The molecule has 0 atom stereocenters. The quantitative estimate of drug-likeness (QED) is 0.551. The highest BCUT2D eigenvalue weighted by Crippen LogP contribution is 2.35. The van der Waals surface area contributed by atoms with Crippen molar-refractivity contribution >= 4 is 16.6 Å². The molecule has 1 rings (SSSR count). The molecule has 0 aromatic carbocycles. The van der Waals surface area contributed by atoms with Crippen LogP contribution in [-0.2, 0) is 4.12 Å². The zero-order valence-electron chi connectivity index (χ0n) is 13.9. The summed E-state index contributed by atoms with van der Waals surface area (Å²) in [7, 11) is -2.81. The summed E-state index contributed by atoms with van der Waals surface area (Å²) in [6.07, 6.45) is 8.70. The van der Waals surface area contributed by atoms with Gasteiger partial charge in [0.15, 0.2) is 16.6 Å². The van der Waals surface area contributed by atoms with Crippen LogP contribution in [0.4, 0.5) is 0 Å². The summed E-state index contributed by atoms with van der Waals surface area (Å²) in [5, 5.41) is 0. The Morgan fingerprint density at radius 3 is 1.21 bits per heavy atom. The Morgan fingerprint density at radius 2 is 0.895 bits per heavy atom. The first-order valence-electron chi connectivity index (χ1n) is 8.86. The average Bonchev–Trinajstić information content (AvgIpc) is 2.50. The van der Waals surface area contributed by atoms with E-state index in [1.807, 2.05) is 0 Å². The maximum absolute atomic E-state index is 7.13. The Hall–Kier alpha value is 0.394. The molecule has 1 fully saturated rings. The number of hydrogen-bond acceptors (Lipinski definition) is 1. The lowest BCUT2D eigenvalue weighted by molar-refractivity contribution is 0.499. The summed E-state index contributed by atoms with van der Waals surface area (Å²) in [4.78, 5) is 0. The van der Waals surface area contributed by atoms with E-state index in [0.717, 1.165) is 0 Å². The van der Waals surface area contributed by atoms with Crippen molar-refractivity contribution in [1.29, 1.82) is 0 Å². The van der Waals surface area contributed by atoms with Gasteiger partial charge in [0.05, 0.1) is 0 Å². The molecule has 0 aliphatic carbocycles. The molecule has 0 bridgehead atoms. The lowest BCUT2D eigenvalue weighted by atomic mass is 10.1. The van der Waals surface area contributed by atoms with Crippen LogP contribution in [0, 0.1) is 0 Å². The molecule has 19 heavy (non-hydrogen) atoms. The topological polar surface area (TPSA) is 9.23 Å². The standard InChI is InChI=1S/C16H36OSi2/c1-5-18(6-2)15-13-11-9-10-12-14-16-19(7-3,8-4)17-18/h5-16H2,1-4H3. The molecule has 114 valence electrons. The van der Waals surface area contributed by atoms with Gasteiger partial charge in [-0.3, -0.25) is 0 Å². The molecule has 1 nitrogen and oxygen atoms in total. The van der Waals surface area contributed by atoms with Gasteiger partial charge in [0.25, 0.3) is 0 Å². The average molecular weight is 301 g/mol. The second kappa shape index (κ2) is 8.63. The maximum Gasteiger partial charge on any atom is 0.179 e. The fraction of sp³-hybridized carbons (Fsp3) is 1.00. The van der Waals surface area contributed by atoms with Crippen molar-refractivity contribution in [2.45, 2.75) is 102 Å². The Morgan fingerprint density at radius 1 is 0.579 bits per heavy atom. The van der Waals surface area contributed by atoms with E-state index in [0.29, 0.717) is 0 Å². The van der Waals surface area contributed by atoms with E-state index >= 15 is 0 Å². The van der Waals surface area contributed by atoms with Crippen molar-refractivity contribution in [3.05, 3.63) is 0 Å². The highest BCUT2D eigenvalue weighted by molar-refractivity contribution is 6.87. The fourth-order valence-electron chi connectivity index (χ4n) is 3.66. The normalized spacial score (nSPS) is 24.6. The van der Waals surface area contributed by atoms with Gasteiger partial charge in [-0.2, -0.15) is 0 Å². The minimum Gasteiger partial charge on any atom is -0.455 e. The van der Waals surface area contributed by atoms with Crippen LogP contribution in [0.1, 0.15) is 66.2 Å². The molecule has 0 radical (unpaired) electrons. The SMILES string of the molecule is CC[Si]1(CC)CCCCCCCC[Si](CC)(CC)O1. The smallest absolute Gasteiger partial charge is 0.179 e. The second-order valence-electron chi connectivity index (χ2n) is 6.50. The van der Waals surface area contributed by atoms with E-state index in [4.69, 9.17) is 4.12 Å². The van der Waals surface area contributed by atoms with Crippen molar-refractivity contribution in [3.8, 4) is 0 Å². The van der Waals surface area contributed by atoms with Crippen LogP contribution in [0.15, 0.2) is 0 Å². The molecule has 0 unspecified atom stereocenters. The number of hydrogen-bond donors (Lipinski definition) is 0. The molecular weight excluding hydrogens is 264 g/mol. The van der Waals surface area contributed by atoms with Crippen LogP contribution in [-0.4, -0.2) is 16.6 Å². The Balaban J connectivity index is 2.87. The van der Waals surface area contributed by atoms with Gasteiger partial charge in [-0.1, -0.05) is 66.2 Å². The molecule has 0 spiro atoms. The van der Waals surface area contributed by atoms with Crippen LogP contribution in [0.25, 0.3) is 0 Å². The van der Waals surface area contributed by atoms with E-state index in [2.05, 4.69) is 27.7 Å². The molecule has 1 aliphatic rings. The van der Waals surface area contributed by atoms with E-state index in [1.54, 1.807) is 0 Å². The summed E-state index contributed by atoms with van der Waals surface area (Å²) in [5.41, 5.74) is 0. The van der Waals surface area contributed by atoms with Gasteiger partial charge >= 0.3 is 0 Å². The van der Waals surface area contributed by atoms with Crippen LogP contribution in [0.2, 0.25) is 36.3 Å². The third-order valence-electron chi connectivity index (χ3n) is 5.53. The molecule has 0 aromatic rings. The summed E-state index contributed by atoms with van der Waals surface area (Å²) >= 11 is 0.